The van der Waals surface area contributed by atoms with Crippen LogP contribution in [-0.2, 0) is 10.0 Å². The van der Waals surface area contributed by atoms with Crippen LogP contribution in [0.15, 0.2) is 44.2 Å². The molecule has 0 amide bonds. The largest absolute Gasteiger partial charge is 0.491 e. The fourth-order valence-corrected chi connectivity index (χ4v) is 3.27. The standard InChI is InChI=1S/C17H19N3O5S/c1-10(2)23-13-7-5-6-12(8-13)16-19-17(25-20-16)14-9-15(11(3)24-14)26(21,22)18-4/h5-10,18H,1-4H3. The molecule has 1 N–H and O–H groups in total. The molecule has 2 aromatic heterocycles. The molecule has 0 aliphatic carbocycles. The van der Waals surface area contributed by atoms with Crippen LogP contribution >= 0.6 is 0 Å². The molecule has 0 radical (unpaired) electrons. The second kappa shape index (κ2) is 6.93. The molecule has 0 fully saturated rings. The van der Waals surface area contributed by atoms with Crippen LogP contribution < -0.4 is 9.46 Å². The Kier molecular flexibility index (Phi) is 4.84. The molecule has 1 aromatic carbocycles. The first-order valence-electron chi connectivity index (χ1n) is 7.95. The van der Waals surface area contributed by atoms with Gasteiger partial charge in [0.2, 0.25) is 15.8 Å². The van der Waals surface area contributed by atoms with Crippen molar-refractivity contribution in [3.8, 4) is 28.8 Å². The summed E-state index contributed by atoms with van der Waals surface area (Å²) in [5, 5.41) is 3.94. The summed E-state index contributed by atoms with van der Waals surface area (Å²) >= 11 is 0. The lowest BCUT2D eigenvalue weighted by molar-refractivity contribution is 0.242. The van der Waals surface area contributed by atoms with Crippen LogP contribution in [0.1, 0.15) is 19.6 Å². The maximum Gasteiger partial charge on any atom is 0.293 e. The molecule has 0 aliphatic heterocycles. The van der Waals surface area contributed by atoms with E-state index in [9.17, 15) is 8.42 Å². The molecule has 3 aromatic rings. The lowest BCUT2D eigenvalue weighted by atomic mass is 10.2. The highest BCUT2D eigenvalue weighted by Gasteiger charge is 2.23. The van der Waals surface area contributed by atoms with Crippen LogP contribution in [0, 0.1) is 6.92 Å². The molecule has 0 unspecified atom stereocenters. The first-order chi connectivity index (χ1) is 12.3. The first kappa shape index (κ1) is 18.2. The summed E-state index contributed by atoms with van der Waals surface area (Å²) in [6, 6.07) is 8.66. The minimum absolute atomic E-state index is 0.0297. The Bertz CT molecular complexity index is 1020. The number of nitrogens with one attached hydrogen (secondary N) is 1. The van der Waals surface area contributed by atoms with E-state index in [-0.39, 0.29) is 28.4 Å². The predicted octanol–water partition coefficient (Wildman–Crippen LogP) is 3.00. The third kappa shape index (κ3) is 3.63. The van der Waals surface area contributed by atoms with E-state index in [4.69, 9.17) is 13.7 Å². The van der Waals surface area contributed by atoms with Crippen molar-refractivity contribution >= 4 is 10.0 Å². The number of ether oxygens (including phenoxy) is 1. The minimum atomic E-state index is -3.63. The van der Waals surface area contributed by atoms with E-state index in [2.05, 4.69) is 14.9 Å². The predicted molar refractivity (Wildman–Crippen MR) is 94.2 cm³/mol. The Morgan fingerprint density at radius 3 is 2.69 bits per heavy atom. The molecule has 26 heavy (non-hydrogen) atoms. The Hall–Kier alpha value is -2.65. The summed E-state index contributed by atoms with van der Waals surface area (Å²) in [6.07, 6.45) is 0.0460. The van der Waals surface area contributed by atoms with E-state index in [0.29, 0.717) is 17.1 Å². The molecule has 0 bridgehead atoms. The fourth-order valence-electron chi connectivity index (χ4n) is 2.37. The van der Waals surface area contributed by atoms with Crippen LogP contribution in [0.2, 0.25) is 0 Å². The van der Waals surface area contributed by atoms with Gasteiger partial charge in [-0.05, 0) is 40.0 Å². The van der Waals surface area contributed by atoms with E-state index in [0.717, 1.165) is 0 Å². The van der Waals surface area contributed by atoms with E-state index in [1.807, 2.05) is 32.0 Å². The van der Waals surface area contributed by atoms with Crippen molar-refractivity contribution in [1.29, 1.82) is 0 Å². The highest BCUT2D eigenvalue weighted by atomic mass is 32.2. The van der Waals surface area contributed by atoms with Gasteiger partial charge in [0.15, 0.2) is 5.76 Å². The summed E-state index contributed by atoms with van der Waals surface area (Å²) in [4.78, 5) is 4.32. The molecule has 0 saturated carbocycles. The van der Waals surface area contributed by atoms with E-state index >= 15 is 0 Å². The number of aromatic nitrogens is 2. The second-order valence-electron chi connectivity index (χ2n) is 5.86. The molecule has 9 heteroatoms. The van der Waals surface area contributed by atoms with Gasteiger partial charge in [0.25, 0.3) is 5.89 Å². The number of sulfonamides is 1. The average molecular weight is 377 g/mol. The van der Waals surface area contributed by atoms with Crippen molar-refractivity contribution in [2.24, 2.45) is 0 Å². The van der Waals surface area contributed by atoms with E-state index < -0.39 is 10.0 Å². The van der Waals surface area contributed by atoms with Gasteiger partial charge >= 0.3 is 0 Å². The molecule has 3 rings (SSSR count). The minimum Gasteiger partial charge on any atom is -0.491 e. The highest BCUT2D eigenvalue weighted by Crippen LogP contribution is 2.29. The maximum absolute atomic E-state index is 12.0. The molecule has 8 nitrogen and oxygen atoms in total. The zero-order valence-corrected chi connectivity index (χ0v) is 15.6. The van der Waals surface area contributed by atoms with Gasteiger partial charge in [-0.3, -0.25) is 0 Å². The van der Waals surface area contributed by atoms with Crippen LogP contribution in [0.25, 0.3) is 23.0 Å². The van der Waals surface area contributed by atoms with Crippen molar-refractivity contribution in [3.05, 3.63) is 36.1 Å². The van der Waals surface area contributed by atoms with Gasteiger partial charge in [0.05, 0.1) is 6.10 Å². The molecular weight excluding hydrogens is 358 g/mol. The smallest absolute Gasteiger partial charge is 0.293 e. The van der Waals surface area contributed by atoms with Crippen molar-refractivity contribution in [2.45, 2.75) is 31.8 Å². The molecule has 2 heterocycles. The van der Waals surface area contributed by atoms with Crippen LogP contribution in [-0.4, -0.2) is 31.7 Å². The molecule has 0 saturated heterocycles. The Morgan fingerprint density at radius 1 is 1.23 bits per heavy atom. The summed E-state index contributed by atoms with van der Waals surface area (Å²) in [5.74, 6) is 1.56. The van der Waals surface area contributed by atoms with Crippen molar-refractivity contribution < 1.29 is 22.1 Å². The third-order valence-corrected chi connectivity index (χ3v) is 5.05. The molecule has 0 atom stereocenters. The lowest BCUT2D eigenvalue weighted by Gasteiger charge is -2.09. The third-order valence-electron chi connectivity index (χ3n) is 3.53. The normalized spacial score (nSPS) is 11.9. The lowest BCUT2D eigenvalue weighted by Crippen LogP contribution is -2.18. The van der Waals surface area contributed by atoms with Gasteiger partial charge in [-0.25, -0.2) is 13.1 Å². The summed E-state index contributed by atoms with van der Waals surface area (Å²) < 4.78 is 42.5. The van der Waals surface area contributed by atoms with Gasteiger partial charge < -0.3 is 13.7 Å². The second-order valence-corrected chi connectivity index (χ2v) is 7.71. The first-order valence-corrected chi connectivity index (χ1v) is 9.43. The number of aryl methyl sites for hydroxylation is 1. The zero-order chi connectivity index (χ0) is 18.9. The number of nitrogens with zero attached hydrogens (tertiary/aromatic N) is 2. The number of hydrogen-bond donors (Lipinski definition) is 1. The monoisotopic (exact) mass is 377 g/mol. The number of benzene rings is 1. The van der Waals surface area contributed by atoms with Gasteiger partial charge in [-0.2, -0.15) is 4.98 Å². The van der Waals surface area contributed by atoms with Crippen molar-refractivity contribution in [2.75, 3.05) is 7.05 Å². The maximum atomic E-state index is 12.0. The summed E-state index contributed by atoms with van der Waals surface area (Å²) in [5.41, 5.74) is 0.712. The average Bonchev–Trinajstić information content (AvgIpc) is 3.21. The van der Waals surface area contributed by atoms with Crippen LogP contribution in [0.3, 0.4) is 0 Å². The summed E-state index contributed by atoms with van der Waals surface area (Å²) in [7, 11) is -2.30. The van der Waals surface area contributed by atoms with Crippen LogP contribution in [0.4, 0.5) is 0 Å². The molecule has 0 spiro atoms. The number of rotatable bonds is 6. The van der Waals surface area contributed by atoms with E-state index in [1.54, 1.807) is 13.0 Å². The topological polar surface area (TPSA) is 107 Å². The van der Waals surface area contributed by atoms with Gasteiger partial charge in [0.1, 0.15) is 16.4 Å². The van der Waals surface area contributed by atoms with Crippen molar-refractivity contribution in [3.63, 3.8) is 0 Å². The Balaban J connectivity index is 1.93. The molecular formula is C17H19N3O5S. The Labute approximate surface area is 151 Å². The van der Waals surface area contributed by atoms with E-state index in [1.165, 1.54) is 13.1 Å². The summed E-state index contributed by atoms with van der Waals surface area (Å²) in [6.45, 7) is 5.43. The SMILES string of the molecule is CNS(=O)(=O)c1cc(-c2nc(-c3cccc(OC(C)C)c3)no2)oc1C. The Morgan fingerprint density at radius 2 is 2.00 bits per heavy atom. The fraction of sp³-hybridized carbons (Fsp3) is 0.294. The molecule has 138 valence electrons. The van der Waals surface area contributed by atoms with Crippen LogP contribution in [0.5, 0.6) is 5.75 Å². The highest BCUT2D eigenvalue weighted by molar-refractivity contribution is 7.89. The molecule has 0 aliphatic rings. The number of hydrogen-bond acceptors (Lipinski definition) is 7. The van der Waals surface area contributed by atoms with Crippen molar-refractivity contribution in [1.82, 2.24) is 14.9 Å². The van der Waals surface area contributed by atoms with Gasteiger partial charge in [0, 0.05) is 11.6 Å². The van der Waals surface area contributed by atoms with Gasteiger partial charge in [-0.1, -0.05) is 17.3 Å². The zero-order valence-electron chi connectivity index (χ0n) is 14.8. The number of furan rings is 1. The van der Waals surface area contributed by atoms with Gasteiger partial charge in [-0.15, -0.1) is 0 Å². The quantitative estimate of drug-likeness (QED) is 0.703.